The predicted octanol–water partition coefficient (Wildman–Crippen LogP) is 2.10. The Labute approximate surface area is 138 Å². The second-order valence-electron chi connectivity index (χ2n) is 6.22. The molecule has 5 nitrogen and oxygen atoms in total. The quantitative estimate of drug-likeness (QED) is 0.794. The van der Waals surface area contributed by atoms with Crippen molar-refractivity contribution in [2.24, 2.45) is 0 Å². The maximum Gasteiger partial charge on any atom is 0.246 e. The molecule has 126 valence electrons. The Balaban J connectivity index is 2.14. The molecule has 1 amide bonds. The summed E-state index contributed by atoms with van der Waals surface area (Å²) in [4.78, 5) is 14.1. The lowest BCUT2D eigenvalue weighted by Crippen LogP contribution is -2.50. The summed E-state index contributed by atoms with van der Waals surface area (Å²) in [6.45, 7) is 8.95. The molecule has 0 atom stereocenters. The molecular formula is C17H24N2O3S. The van der Waals surface area contributed by atoms with Gasteiger partial charge in [0.1, 0.15) is 0 Å². The van der Waals surface area contributed by atoms with E-state index in [1.807, 2.05) is 32.9 Å². The SMILES string of the molecule is CC(C)=CC(=O)N1CCN(S(=O)(=O)c2cc(C)ccc2C)CC1. The van der Waals surface area contributed by atoms with Crippen molar-refractivity contribution in [3.05, 3.63) is 41.0 Å². The van der Waals surface area contributed by atoms with Crippen LogP contribution in [0.1, 0.15) is 25.0 Å². The fourth-order valence-electron chi connectivity index (χ4n) is 2.61. The summed E-state index contributed by atoms with van der Waals surface area (Å²) in [6, 6.07) is 5.45. The zero-order valence-electron chi connectivity index (χ0n) is 14.2. The van der Waals surface area contributed by atoms with Gasteiger partial charge in [-0.25, -0.2) is 8.42 Å². The highest BCUT2D eigenvalue weighted by atomic mass is 32.2. The highest BCUT2D eigenvalue weighted by Gasteiger charge is 2.30. The van der Waals surface area contributed by atoms with E-state index in [-0.39, 0.29) is 5.91 Å². The van der Waals surface area contributed by atoms with Gasteiger partial charge in [-0.05, 0) is 44.9 Å². The second kappa shape index (κ2) is 6.84. The lowest BCUT2D eigenvalue weighted by molar-refractivity contribution is -0.127. The molecule has 6 heteroatoms. The number of carbonyl (C=O) groups is 1. The Morgan fingerprint density at radius 1 is 1.09 bits per heavy atom. The van der Waals surface area contributed by atoms with Crippen LogP contribution in [0.15, 0.2) is 34.7 Å². The van der Waals surface area contributed by atoms with E-state index in [0.29, 0.717) is 31.1 Å². The normalized spacial score (nSPS) is 16.3. The summed E-state index contributed by atoms with van der Waals surface area (Å²) in [7, 11) is -3.51. The molecule has 1 fully saturated rings. The van der Waals surface area contributed by atoms with Gasteiger partial charge in [0.25, 0.3) is 0 Å². The number of sulfonamides is 1. The predicted molar refractivity (Wildman–Crippen MR) is 90.7 cm³/mol. The summed E-state index contributed by atoms with van der Waals surface area (Å²) in [5, 5.41) is 0. The van der Waals surface area contributed by atoms with E-state index in [0.717, 1.165) is 16.7 Å². The molecule has 0 saturated carbocycles. The van der Waals surface area contributed by atoms with Crippen molar-refractivity contribution in [3.8, 4) is 0 Å². The molecule has 2 rings (SSSR count). The zero-order chi connectivity index (χ0) is 17.2. The minimum Gasteiger partial charge on any atom is -0.337 e. The van der Waals surface area contributed by atoms with Crippen LogP contribution in [0.3, 0.4) is 0 Å². The van der Waals surface area contributed by atoms with Crippen LogP contribution in [-0.2, 0) is 14.8 Å². The summed E-state index contributed by atoms with van der Waals surface area (Å²) < 4.78 is 27.1. The minimum absolute atomic E-state index is 0.0474. The Morgan fingerprint density at radius 3 is 2.26 bits per heavy atom. The molecule has 1 aromatic carbocycles. The monoisotopic (exact) mass is 336 g/mol. The third-order valence-corrected chi connectivity index (χ3v) is 5.96. The van der Waals surface area contributed by atoms with E-state index in [2.05, 4.69) is 0 Å². The van der Waals surface area contributed by atoms with E-state index >= 15 is 0 Å². The van der Waals surface area contributed by atoms with Gasteiger partial charge < -0.3 is 4.90 Å². The third kappa shape index (κ3) is 4.00. The molecule has 0 bridgehead atoms. The Kier molecular flexibility index (Phi) is 5.26. The first-order valence-corrected chi connectivity index (χ1v) is 9.17. The smallest absolute Gasteiger partial charge is 0.246 e. The molecular weight excluding hydrogens is 312 g/mol. The number of allylic oxidation sites excluding steroid dienone is 1. The lowest BCUT2D eigenvalue weighted by Gasteiger charge is -2.33. The van der Waals surface area contributed by atoms with Crippen LogP contribution in [0.25, 0.3) is 0 Å². The number of hydrogen-bond donors (Lipinski definition) is 0. The van der Waals surface area contributed by atoms with Crippen LogP contribution in [0.5, 0.6) is 0 Å². The number of amides is 1. The fourth-order valence-corrected chi connectivity index (χ4v) is 4.34. The van der Waals surface area contributed by atoms with Gasteiger partial charge in [-0.15, -0.1) is 0 Å². The molecule has 1 saturated heterocycles. The van der Waals surface area contributed by atoms with E-state index in [1.165, 1.54) is 4.31 Å². The van der Waals surface area contributed by atoms with Crippen LogP contribution in [-0.4, -0.2) is 49.7 Å². The number of nitrogens with zero attached hydrogens (tertiary/aromatic N) is 2. The van der Waals surface area contributed by atoms with Crippen molar-refractivity contribution in [2.75, 3.05) is 26.2 Å². The fraction of sp³-hybridized carbons (Fsp3) is 0.471. The van der Waals surface area contributed by atoms with Gasteiger partial charge in [0.2, 0.25) is 15.9 Å². The van der Waals surface area contributed by atoms with Gasteiger partial charge in [-0.3, -0.25) is 4.79 Å². The molecule has 0 spiro atoms. The lowest BCUT2D eigenvalue weighted by atomic mass is 10.2. The summed E-state index contributed by atoms with van der Waals surface area (Å²) in [5.74, 6) is -0.0474. The summed E-state index contributed by atoms with van der Waals surface area (Å²) >= 11 is 0. The van der Waals surface area contributed by atoms with Crippen molar-refractivity contribution in [1.29, 1.82) is 0 Å². The number of rotatable bonds is 3. The number of aryl methyl sites for hydroxylation is 2. The van der Waals surface area contributed by atoms with E-state index in [1.54, 1.807) is 24.0 Å². The Morgan fingerprint density at radius 2 is 1.70 bits per heavy atom. The van der Waals surface area contributed by atoms with Gasteiger partial charge in [-0.2, -0.15) is 4.31 Å². The van der Waals surface area contributed by atoms with Crippen LogP contribution in [0.2, 0.25) is 0 Å². The molecule has 1 aliphatic rings. The molecule has 0 aromatic heterocycles. The molecule has 1 heterocycles. The van der Waals surface area contributed by atoms with Gasteiger partial charge in [-0.1, -0.05) is 17.7 Å². The standard InChI is InChI=1S/C17H24N2O3S/c1-13(2)11-17(20)18-7-9-19(10-8-18)23(21,22)16-12-14(3)5-6-15(16)4/h5-6,11-12H,7-10H2,1-4H3. The Bertz CT molecular complexity index is 726. The topological polar surface area (TPSA) is 57.7 Å². The van der Waals surface area contributed by atoms with E-state index < -0.39 is 10.0 Å². The van der Waals surface area contributed by atoms with Crippen molar-refractivity contribution >= 4 is 15.9 Å². The largest absolute Gasteiger partial charge is 0.337 e. The second-order valence-corrected chi connectivity index (χ2v) is 8.13. The van der Waals surface area contributed by atoms with Crippen LogP contribution < -0.4 is 0 Å². The van der Waals surface area contributed by atoms with Gasteiger partial charge in [0, 0.05) is 32.3 Å². The first-order valence-electron chi connectivity index (χ1n) is 7.73. The zero-order valence-corrected chi connectivity index (χ0v) is 15.0. The molecule has 1 aromatic rings. The number of hydrogen-bond acceptors (Lipinski definition) is 3. The Hall–Kier alpha value is -1.66. The van der Waals surface area contributed by atoms with Crippen molar-refractivity contribution < 1.29 is 13.2 Å². The first-order chi connectivity index (χ1) is 10.7. The molecule has 0 unspecified atom stereocenters. The highest BCUT2D eigenvalue weighted by Crippen LogP contribution is 2.22. The average Bonchev–Trinajstić information content (AvgIpc) is 2.49. The molecule has 0 radical (unpaired) electrons. The van der Waals surface area contributed by atoms with E-state index in [9.17, 15) is 13.2 Å². The maximum absolute atomic E-state index is 12.8. The summed E-state index contributed by atoms with van der Waals surface area (Å²) in [5.41, 5.74) is 2.62. The molecule has 0 N–H and O–H groups in total. The van der Waals surface area contributed by atoms with Gasteiger partial charge in [0.15, 0.2) is 0 Å². The maximum atomic E-state index is 12.8. The van der Waals surface area contributed by atoms with Crippen molar-refractivity contribution in [1.82, 2.24) is 9.21 Å². The highest BCUT2D eigenvalue weighted by molar-refractivity contribution is 7.89. The van der Waals surface area contributed by atoms with Crippen LogP contribution in [0.4, 0.5) is 0 Å². The average molecular weight is 336 g/mol. The number of piperazine rings is 1. The summed E-state index contributed by atoms with van der Waals surface area (Å²) in [6.07, 6.45) is 1.59. The first kappa shape index (κ1) is 17.7. The molecule has 23 heavy (non-hydrogen) atoms. The van der Waals surface area contributed by atoms with E-state index in [4.69, 9.17) is 0 Å². The molecule has 0 aliphatic carbocycles. The van der Waals surface area contributed by atoms with Crippen LogP contribution >= 0.6 is 0 Å². The van der Waals surface area contributed by atoms with Crippen LogP contribution in [0, 0.1) is 13.8 Å². The van der Waals surface area contributed by atoms with Gasteiger partial charge in [0.05, 0.1) is 4.90 Å². The van der Waals surface area contributed by atoms with Crippen molar-refractivity contribution in [3.63, 3.8) is 0 Å². The minimum atomic E-state index is -3.51. The number of benzene rings is 1. The third-order valence-electron chi connectivity index (χ3n) is 3.92. The van der Waals surface area contributed by atoms with Crippen molar-refractivity contribution in [2.45, 2.75) is 32.6 Å². The number of carbonyl (C=O) groups excluding carboxylic acids is 1. The van der Waals surface area contributed by atoms with Gasteiger partial charge >= 0.3 is 0 Å². The molecule has 1 aliphatic heterocycles.